The van der Waals surface area contributed by atoms with Crippen LogP contribution in [0.5, 0.6) is 5.75 Å². The summed E-state index contributed by atoms with van der Waals surface area (Å²) >= 11 is 0. The molecule has 0 saturated carbocycles. The highest BCUT2D eigenvalue weighted by molar-refractivity contribution is 5.85. The van der Waals surface area contributed by atoms with Gasteiger partial charge in [0.1, 0.15) is 5.75 Å². The molecule has 0 saturated heterocycles. The second kappa shape index (κ2) is 7.29. The van der Waals surface area contributed by atoms with E-state index in [4.69, 9.17) is 10.5 Å². The van der Waals surface area contributed by atoms with Gasteiger partial charge in [-0.2, -0.15) is 0 Å². The third kappa shape index (κ3) is 4.42. The molecular weight excluding hydrogens is 234 g/mol. The Morgan fingerprint density at radius 3 is 2.67 bits per heavy atom. The van der Waals surface area contributed by atoms with Crippen LogP contribution in [0.15, 0.2) is 24.3 Å². The number of carbonyl (C=O) groups excluding carboxylic acids is 2. The number of para-hydroxylation sites is 1. The topological polar surface area (TPSA) is 93.5 Å². The zero-order chi connectivity index (χ0) is 13.4. The molecule has 1 aromatic rings. The molecule has 1 aromatic carbocycles. The Morgan fingerprint density at radius 2 is 2.00 bits per heavy atom. The minimum absolute atomic E-state index is 0.0583. The number of benzene rings is 1. The Labute approximate surface area is 105 Å². The molecule has 98 valence electrons. The summed E-state index contributed by atoms with van der Waals surface area (Å²) in [7, 11) is 1.50. The van der Waals surface area contributed by atoms with E-state index in [0.29, 0.717) is 12.3 Å². The number of carbonyl (C=O) groups is 2. The molecule has 0 aliphatic heterocycles. The van der Waals surface area contributed by atoms with Crippen molar-refractivity contribution < 1.29 is 14.3 Å². The molecule has 0 atom stereocenters. The van der Waals surface area contributed by atoms with Gasteiger partial charge in [0.25, 0.3) is 5.91 Å². The highest BCUT2D eigenvalue weighted by atomic mass is 16.5. The van der Waals surface area contributed by atoms with Crippen molar-refractivity contribution in [2.75, 3.05) is 20.2 Å². The van der Waals surface area contributed by atoms with Crippen LogP contribution in [-0.2, 0) is 16.1 Å². The van der Waals surface area contributed by atoms with E-state index in [2.05, 4.69) is 10.6 Å². The third-order valence-corrected chi connectivity index (χ3v) is 2.28. The summed E-state index contributed by atoms with van der Waals surface area (Å²) in [4.78, 5) is 22.3. The second-order valence-corrected chi connectivity index (χ2v) is 3.55. The number of nitrogens with one attached hydrogen (secondary N) is 2. The molecule has 0 radical (unpaired) electrons. The lowest BCUT2D eigenvalue weighted by atomic mass is 10.2. The number of rotatable bonds is 6. The van der Waals surface area contributed by atoms with Gasteiger partial charge in [0.2, 0.25) is 5.91 Å². The Balaban J connectivity index is 2.40. The average molecular weight is 251 g/mol. The average Bonchev–Trinajstić information content (AvgIpc) is 2.42. The summed E-state index contributed by atoms with van der Waals surface area (Å²) in [5.74, 6) is -0.0359. The van der Waals surface area contributed by atoms with Crippen molar-refractivity contribution in [3.05, 3.63) is 29.8 Å². The van der Waals surface area contributed by atoms with Crippen LogP contribution >= 0.6 is 0 Å². The second-order valence-electron chi connectivity index (χ2n) is 3.55. The molecule has 0 aliphatic carbocycles. The molecule has 6 heteroatoms. The molecule has 0 spiro atoms. The van der Waals surface area contributed by atoms with Gasteiger partial charge in [0.05, 0.1) is 6.54 Å². The standard InChI is InChI=1S/C12H17N3O3/c1-14-11(16)7-15-12(17)8-18-10-5-3-2-4-9(10)6-13/h2-5H,6-8,13H2,1H3,(H,14,16)(H,15,17). The first kappa shape index (κ1) is 14.0. The number of ether oxygens (including phenoxy) is 1. The third-order valence-electron chi connectivity index (χ3n) is 2.28. The lowest BCUT2D eigenvalue weighted by Gasteiger charge is -2.10. The van der Waals surface area contributed by atoms with Crippen LogP contribution in [0.2, 0.25) is 0 Å². The van der Waals surface area contributed by atoms with Gasteiger partial charge in [0, 0.05) is 19.2 Å². The maximum Gasteiger partial charge on any atom is 0.258 e. The molecular formula is C12H17N3O3. The number of nitrogens with two attached hydrogens (primary N) is 1. The fraction of sp³-hybridized carbons (Fsp3) is 0.333. The summed E-state index contributed by atoms with van der Waals surface area (Å²) in [6.07, 6.45) is 0. The van der Waals surface area contributed by atoms with Gasteiger partial charge in [-0.25, -0.2) is 0 Å². The number of amides is 2. The molecule has 0 aliphatic rings. The van der Waals surface area contributed by atoms with Crippen molar-refractivity contribution in [1.29, 1.82) is 0 Å². The van der Waals surface area contributed by atoms with Crippen LogP contribution in [0.1, 0.15) is 5.56 Å². The van der Waals surface area contributed by atoms with Gasteiger partial charge in [-0.15, -0.1) is 0 Å². The maximum absolute atomic E-state index is 11.4. The zero-order valence-electron chi connectivity index (χ0n) is 10.2. The summed E-state index contributed by atoms with van der Waals surface area (Å²) in [6.45, 7) is 0.140. The zero-order valence-corrected chi connectivity index (χ0v) is 10.2. The fourth-order valence-corrected chi connectivity index (χ4v) is 1.27. The van der Waals surface area contributed by atoms with Gasteiger partial charge in [-0.1, -0.05) is 18.2 Å². The lowest BCUT2D eigenvalue weighted by molar-refractivity contribution is -0.127. The molecule has 4 N–H and O–H groups in total. The van der Waals surface area contributed by atoms with Crippen molar-refractivity contribution in [2.45, 2.75) is 6.54 Å². The van der Waals surface area contributed by atoms with Crippen molar-refractivity contribution in [2.24, 2.45) is 5.73 Å². The SMILES string of the molecule is CNC(=O)CNC(=O)COc1ccccc1CN. The minimum atomic E-state index is -0.356. The molecule has 1 rings (SSSR count). The van der Waals surface area contributed by atoms with Crippen molar-refractivity contribution in [1.82, 2.24) is 10.6 Å². The predicted molar refractivity (Wildman–Crippen MR) is 66.9 cm³/mol. The van der Waals surface area contributed by atoms with Crippen molar-refractivity contribution in [3.63, 3.8) is 0 Å². The van der Waals surface area contributed by atoms with Gasteiger partial charge in [0.15, 0.2) is 6.61 Å². The van der Waals surface area contributed by atoms with Crippen LogP contribution in [0.4, 0.5) is 0 Å². The summed E-state index contributed by atoms with van der Waals surface area (Å²) in [5, 5.41) is 4.84. The Kier molecular flexibility index (Phi) is 5.66. The van der Waals surface area contributed by atoms with Gasteiger partial charge in [-0.05, 0) is 6.07 Å². The molecule has 0 aromatic heterocycles. The Morgan fingerprint density at radius 1 is 1.28 bits per heavy atom. The van der Waals surface area contributed by atoms with Crippen LogP contribution in [0.25, 0.3) is 0 Å². The van der Waals surface area contributed by atoms with Crippen molar-refractivity contribution in [3.8, 4) is 5.75 Å². The summed E-state index contributed by atoms with van der Waals surface area (Å²) < 4.78 is 5.33. The van der Waals surface area contributed by atoms with Crippen molar-refractivity contribution >= 4 is 11.8 Å². The minimum Gasteiger partial charge on any atom is -0.483 e. The first-order valence-corrected chi connectivity index (χ1v) is 5.55. The van der Waals surface area contributed by atoms with Crippen LogP contribution in [0.3, 0.4) is 0 Å². The smallest absolute Gasteiger partial charge is 0.258 e. The largest absolute Gasteiger partial charge is 0.483 e. The van der Waals surface area contributed by atoms with E-state index in [1.807, 2.05) is 12.1 Å². The maximum atomic E-state index is 11.4. The number of hydrogen-bond donors (Lipinski definition) is 3. The normalized spacial score (nSPS) is 9.67. The van der Waals surface area contributed by atoms with Gasteiger partial charge < -0.3 is 21.1 Å². The van der Waals surface area contributed by atoms with Gasteiger partial charge >= 0.3 is 0 Å². The molecule has 2 amide bonds. The summed E-state index contributed by atoms with van der Waals surface area (Å²) in [5.41, 5.74) is 6.37. The van der Waals surface area contributed by atoms with Crippen LogP contribution in [0, 0.1) is 0 Å². The van der Waals surface area contributed by atoms with Crippen LogP contribution < -0.4 is 21.1 Å². The van der Waals surface area contributed by atoms with E-state index in [9.17, 15) is 9.59 Å². The lowest BCUT2D eigenvalue weighted by Crippen LogP contribution is -2.37. The monoisotopic (exact) mass is 251 g/mol. The first-order chi connectivity index (χ1) is 8.67. The highest BCUT2D eigenvalue weighted by Gasteiger charge is 2.06. The number of hydrogen-bond acceptors (Lipinski definition) is 4. The van der Waals surface area contributed by atoms with Crippen LogP contribution in [-0.4, -0.2) is 32.0 Å². The molecule has 0 bridgehead atoms. The molecule has 0 heterocycles. The van der Waals surface area contributed by atoms with E-state index < -0.39 is 0 Å². The fourth-order valence-electron chi connectivity index (χ4n) is 1.27. The predicted octanol–water partition coefficient (Wildman–Crippen LogP) is -0.614. The van der Waals surface area contributed by atoms with E-state index in [1.54, 1.807) is 12.1 Å². The van der Waals surface area contributed by atoms with Gasteiger partial charge in [-0.3, -0.25) is 9.59 Å². The molecule has 0 fully saturated rings. The Hall–Kier alpha value is -2.08. The molecule has 0 unspecified atom stereocenters. The molecule has 18 heavy (non-hydrogen) atoms. The highest BCUT2D eigenvalue weighted by Crippen LogP contribution is 2.16. The molecule has 6 nitrogen and oxygen atoms in total. The van der Waals surface area contributed by atoms with E-state index >= 15 is 0 Å². The summed E-state index contributed by atoms with van der Waals surface area (Å²) in [6, 6.07) is 7.23. The Bertz CT molecular complexity index is 421. The van der Waals surface area contributed by atoms with E-state index in [1.165, 1.54) is 7.05 Å². The first-order valence-electron chi connectivity index (χ1n) is 5.55. The number of likely N-dealkylation sites (N-methyl/N-ethyl adjacent to an activating group) is 1. The van der Waals surface area contributed by atoms with E-state index in [-0.39, 0.29) is 25.0 Å². The van der Waals surface area contributed by atoms with E-state index in [0.717, 1.165) is 5.56 Å². The quantitative estimate of drug-likeness (QED) is 0.628.